The Morgan fingerprint density at radius 1 is 0.923 bits per heavy atom. The Morgan fingerprint density at radius 3 is 2.17 bits per heavy atom. The molecule has 4 aromatic carbocycles. The number of amides is 1. The third-order valence-corrected chi connectivity index (χ3v) is 11.0. The van der Waals surface area contributed by atoms with E-state index in [0.29, 0.717) is 22.9 Å². The molecule has 2 atom stereocenters. The van der Waals surface area contributed by atoms with Crippen molar-refractivity contribution < 1.29 is 57.9 Å². The molecule has 2 heterocycles. The zero-order valence-corrected chi connectivity index (χ0v) is 27.9. The second kappa shape index (κ2) is 14.4. The van der Waals surface area contributed by atoms with Crippen LogP contribution in [0.1, 0.15) is 40.2 Å². The van der Waals surface area contributed by atoms with Gasteiger partial charge in [0.1, 0.15) is 11.1 Å². The maximum atomic E-state index is 13.4. The summed E-state index contributed by atoms with van der Waals surface area (Å²) in [6.45, 7) is 0. The van der Waals surface area contributed by atoms with Crippen LogP contribution in [0.2, 0.25) is 0 Å². The Morgan fingerprint density at radius 2 is 1.58 bits per heavy atom. The van der Waals surface area contributed by atoms with Crippen molar-refractivity contribution in [3.8, 4) is 11.3 Å². The molecule has 0 saturated carbocycles. The van der Waals surface area contributed by atoms with Gasteiger partial charge in [-0.1, -0.05) is 66.7 Å². The van der Waals surface area contributed by atoms with Gasteiger partial charge in [0.15, 0.2) is 0 Å². The highest BCUT2D eigenvalue weighted by Crippen LogP contribution is 2.33. The summed E-state index contributed by atoms with van der Waals surface area (Å²) in [5.41, 5.74) is 1.24. The van der Waals surface area contributed by atoms with E-state index >= 15 is 0 Å². The lowest BCUT2D eigenvalue weighted by molar-refractivity contribution is -0.192. The topological polar surface area (TPSA) is 175 Å². The van der Waals surface area contributed by atoms with Crippen LogP contribution in [0.15, 0.2) is 102 Å². The lowest BCUT2D eigenvalue weighted by Crippen LogP contribution is -2.31. The van der Waals surface area contributed by atoms with E-state index in [1.54, 1.807) is 30.5 Å². The van der Waals surface area contributed by atoms with Gasteiger partial charge < -0.3 is 10.1 Å². The lowest BCUT2D eigenvalue weighted by atomic mass is 10.0. The Hall–Kier alpha value is -5.27. The zero-order valence-electron chi connectivity index (χ0n) is 26.2. The van der Waals surface area contributed by atoms with E-state index in [2.05, 4.69) is 14.7 Å². The fourth-order valence-corrected chi connectivity index (χ4v) is 7.93. The number of nitrogens with zero attached hydrogens (tertiary/aromatic N) is 1. The molecule has 1 aliphatic rings. The van der Waals surface area contributed by atoms with E-state index in [1.807, 2.05) is 47.2 Å². The van der Waals surface area contributed by atoms with Crippen LogP contribution < -0.4 is 9.44 Å². The van der Waals surface area contributed by atoms with Crippen molar-refractivity contribution in [2.75, 3.05) is 0 Å². The highest BCUT2D eigenvalue weighted by Gasteiger charge is 2.39. The number of rotatable bonds is 8. The summed E-state index contributed by atoms with van der Waals surface area (Å²) in [6.07, 6.45) is -8.48. The first kappa shape index (κ1) is 38.0. The number of aromatic amines is 1. The molecule has 1 amide bonds. The number of imidazole rings is 1. The molecule has 1 aromatic heterocycles. The van der Waals surface area contributed by atoms with Crippen LogP contribution in [0, 0.1) is 0 Å². The van der Waals surface area contributed by atoms with Crippen molar-refractivity contribution in [3.05, 3.63) is 120 Å². The van der Waals surface area contributed by atoms with Gasteiger partial charge in [0.25, 0.3) is 0 Å². The Labute approximate surface area is 291 Å². The van der Waals surface area contributed by atoms with E-state index in [0.717, 1.165) is 34.5 Å². The van der Waals surface area contributed by atoms with Crippen molar-refractivity contribution in [1.82, 2.24) is 19.4 Å². The number of hydrogen-bond donors (Lipinski definition) is 4. The molecule has 0 radical (unpaired) electrons. The molecule has 4 N–H and O–H groups in total. The van der Waals surface area contributed by atoms with Crippen LogP contribution in [0.4, 0.5) is 26.3 Å². The first-order valence-electron chi connectivity index (χ1n) is 14.9. The minimum atomic E-state index is -5.08. The highest BCUT2D eigenvalue weighted by molar-refractivity contribution is 7.90. The number of benzene rings is 4. The molecule has 52 heavy (non-hydrogen) atoms. The van der Waals surface area contributed by atoms with Gasteiger partial charge >= 0.3 is 18.3 Å². The predicted molar refractivity (Wildman–Crippen MR) is 174 cm³/mol. The van der Waals surface area contributed by atoms with E-state index in [9.17, 15) is 48.0 Å². The average Bonchev–Trinajstić information content (AvgIpc) is 3.67. The van der Waals surface area contributed by atoms with Crippen molar-refractivity contribution >= 4 is 42.7 Å². The number of carboxylic acid groups (broad SMARTS) is 1. The molecule has 6 rings (SSSR count). The third-order valence-electron chi connectivity index (χ3n) is 7.79. The molecule has 19 heteroatoms. The standard InChI is InChI=1S/C31H25F3N4O5S2.C2HF3O2/c32-31(33,34)24-6-3-7-25(16-24)44(40,41)37-26(14-19-8-10-21(11-9-19)28-17-29(39)38-45(28,42)43)30-35-18-27(36-30)23-13-12-20-4-1-2-5-22(20)15-23;3-2(4,5)1(6)7/h1-13,15-16,18,26,28,37H,14,17H2,(H,35,36)(H,38,39);(H,6,7). The number of aliphatic carboxylic acids is 1. The number of alkyl halides is 6. The number of nitrogens with one attached hydrogen (secondary N) is 3. The fraction of sp³-hybridized carbons (Fsp3) is 0.182. The SMILES string of the molecule is O=C(O)C(F)(F)F.O=C1CC(c2ccc(CC(NS(=O)(=O)c3cccc(C(F)(F)F)c3)c3ncc(-c4ccc5ccccc5c4)[nH]3)cc2)S(=O)(=O)N1. The molecular weight excluding hydrogens is 743 g/mol. The van der Waals surface area contributed by atoms with Gasteiger partial charge in [0.05, 0.1) is 34.8 Å². The molecule has 274 valence electrons. The van der Waals surface area contributed by atoms with Gasteiger partial charge in [-0.15, -0.1) is 0 Å². The summed E-state index contributed by atoms with van der Waals surface area (Å²) in [6, 6.07) is 22.2. The van der Waals surface area contributed by atoms with Gasteiger partial charge in [-0.3, -0.25) is 9.52 Å². The van der Waals surface area contributed by atoms with E-state index in [-0.39, 0.29) is 18.7 Å². The minimum absolute atomic E-state index is 0.0116. The second-order valence-electron chi connectivity index (χ2n) is 11.5. The number of halogens is 6. The van der Waals surface area contributed by atoms with Crippen LogP contribution in [0.5, 0.6) is 0 Å². The quantitative estimate of drug-likeness (QED) is 0.138. The van der Waals surface area contributed by atoms with Crippen LogP contribution in [-0.4, -0.2) is 50.0 Å². The Bertz CT molecular complexity index is 2340. The molecule has 11 nitrogen and oxygen atoms in total. The highest BCUT2D eigenvalue weighted by atomic mass is 32.2. The Balaban J connectivity index is 0.000000679. The van der Waals surface area contributed by atoms with Gasteiger partial charge in [0, 0.05) is 5.56 Å². The number of fused-ring (bicyclic) bond motifs is 1. The number of carboxylic acids is 1. The number of H-pyrrole nitrogens is 1. The van der Waals surface area contributed by atoms with Crippen molar-refractivity contribution in [3.63, 3.8) is 0 Å². The molecule has 2 unspecified atom stereocenters. The van der Waals surface area contributed by atoms with Crippen LogP contribution in [0.25, 0.3) is 22.0 Å². The molecular formula is C33H26F6N4O7S2. The normalized spacial score (nSPS) is 16.5. The van der Waals surface area contributed by atoms with Crippen molar-refractivity contribution in [2.45, 2.75) is 41.4 Å². The number of aromatic nitrogens is 2. The average molecular weight is 769 g/mol. The summed E-state index contributed by atoms with van der Waals surface area (Å²) >= 11 is 0. The molecule has 0 aliphatic carbocycles. The number of carbonyl (C=O) groups is 2. The predicted octanol–water partition coefficient (Wildman–Crippen LogP) is 6.04. The third kappa shape index (κ3) is 8.96. The smallest absolute Gasteiger partial charge is 0.475 e. The maximum absolute atomic E-state index is 13.4. The van der Waals surface area contributed by atoms with Crippen LogP contribution >= 0.6 is 0 Å². The van der Waals surface area contributed by atoms with Gasteiger partial charge in [-0.2, -0.15) is 26.3 Å². The molecule has 0 bridgehead atoms. The summed E-state index contributed by atoms with van der Waals surface area (Å²) < 4.78 is 128. The minimum Gasteiger partial charge on any atom is -0.475 e. The van der Waals surface area contributed by atoms with Crippen molar-refractivity contribution in [1.29, 1.82) is 0 Å². The molecule has 0 spiro atoms. The maximum Gasteiger partial charge on any atom is 0.490 e. The molecule has 5 aromatic rings. The molecule has 1 saturated heterocycles. The number of hydrogen-bond acceptors (Lipinski definition) is 7. The Kier molecular flexibility index (Phi) is 10.5. The van der Waals surface area contributed by atoms with E-state index in [4.69, 9.17) is 9.90 Å². The second-order valence-corrected chi connectivity index (χ2v) is 15.0. The van der Waals surface area contributed by atoms with Crippen LogP contribution in [-0.2, 0) is 42.2 Å². The van der Waals surface area contributed by atoms with E-state index in [1.165, 1.54) is 0 Å². The van der Waals surface area contributed by atoms with Crippen LogP contribution in [0.3, 0.4) is 0 Å². The first-order valence-corrected chi connectivity index (χ1v) is 17.9. The van der Waals surface area contributed by atoms with Gasteiger partial charge in [-0.25, -0.2) is 31.3 Å². The molecule has 1 fully saturated rings. The van der Waals surface area contributed by atoms with Gasteiger partial charge in [0.2, 0.25) is 26.0 Å². The first-order chi connectivity index (χ1) is 24.2. The summed E-state index contributed by atoms with van der Waals surface area (Å²) in [5.74, 6) is -3.15. The fourth-order valence-electron chi connectivity index (χ4n) is 5.26. The number of carbonyl (C=O) groups excluding carboxylic acids is 1. The van der Waals surface area contributed by atoms with Crippen molar-refractivity contribution in [2.24, 2.45) is 0 Å². The summed E-state index contributed by atoms with van der Waals surface area (Å²) in [4.78, 5) is 27.6. The zero-order chi connectivity index (χ0) is 38.1. The molecule has 1 aliphatic heterocycles. The van der Waals surface area contributed by atoms with Gasteiger partial charge in [-0.05, 0) is 52.6 Å². The number of sulfonamides is 2. The largest absolute Gasteiger partial charge is 0.490 e. The summed E-state index contributed by atoms with van der Waals surface area (Å²) in [7, 11) is -8.33. The lowest BCUT2D eigenvalue weighted by Gasteiger charge is -2.18. The monoisotopic (exact) mass is 768 g/mol. The van der Waals surface area contributed by atoms with E-state index < -0.39 is 66.0 Å². The summed E-state index contributed by atoms with van der Waals surface area (Å²) in [5, 5.41) is 8.08.